The zero-order chi connectivity index (χ0) is 72.1. The van der Waals surface area contributed by atoms with Gasteiger partial charge in [-0.05, 0) is 189 Å². The van der Waals surface area contributed by atoms with Crippen molar-refractivity contribution in [2.24, 2.45) is 38.4 Å². The molecule has 4 heterocycles. The molecular formula is C95H105N4+3. The van der Waals surface area contributed by atoms with Crippen LogP contribution in [0.15, 0.2) is 267 Å². The molecule has 99 heavy (non-hydrogen) atoms. The van der Waals surface area contributed by atoms with Gasteiger partial charge in [-0.1, -0.05) is 262 Å². The first kappa shape index (κ1) is 66.6. The average Bonchev–Trinajstić information content (AvgIpc) is 1.10. The van der Waals surface area contributed by atoms with Crippen LogP contribution in [-0.2, 0) is 40.4 Å². The Morgan fingerprint density at radius 1 is 0.404 bits per heavy atom. The monoisotopic (exact) mass is 1300 g/mol. The first-order valence-electron chi connectivity index (χ1n) is 37.6. The molecule has 0 spiro atoms. The van der Waals surface area contributed by atoms with Crippen LogP contribution in [0.3, 0.4) is 0 Å². The number of benzene rings is 8. The third-order valence-corrected chi connectivity index (χ3v) is 20.0. The Morgan fingerprint density at radius 2 is 0.798 bits per heavy atom. The fourth-order valence-corrected chi connectivity index (χ4v) is 14.1. The molecule has 0 amide bonds. The summed E-state index contributed by atoms with van der Waals surface area (Å²) in [5.74, 6) is 0.500. The van der Waals surface area contributed by atoms with Crippen LogP contribution >= 0.6 is 0 Å². The van der Waals surface area contributed by atoms with Gasteiger partial charge in [-0.15, -0.1) is 0 Å². The van der Waals surface area contributed by atoms with E-state index in [1.807, 2.05) is 38.2 Å². The summed E-state index contributed by atoms with van der Waals surface area (Å²) in [5.41, 5.74) is 29.6. The molecular weight excluding hydrogens is 1200 g/mol. The predicted molar refractivity (Wildman–Crippen MR) is 418 cm³/mol. The second-order valence-corrected chi connectivity index (χ2v) is 29.2. The molecule has 4 nitrogen and oxygen atoms in total. The van der Waals surface area contributed by atoms with Gasteiger partial charge >= 0.3 is 0 Å². The third kappa shape index (κ3) is 19.0. The third-order valence-electron chi connectivity index (χ3n) is 20.0. The molecule has 0 bridgehead atoms. The standard InChI is InChI=1S/2C25H28N.C23H25N.C22H24N/c2*1-19-7-3-6-10-24(19)25-18-23(15-16-26(25)2)22-13-11-21(12-14-22)17-20-8-4-5-9-20;1-17-10-11-19(14-21(17)16-23(2,3)4)20-12-13-24-22(15-20)18-8-6-5-7-9-18;1-16(2)18-9-11-19(12-10-18)20-13-14-23(4)22(15-20)21-8-6-5-7-17(21)3/h2*3,6-7,10-16,18,20H,4-5,8-9,17H2,1-2H3;5-15H,16H2,1-4H3;5-16H,1-4H3/q2*+1;;+1/i17D2;;;16D. The number of hydrogen-bond donors (Lipinski definition) is 0. The van der Waals surface area contributed by atoms with Gasteiger partial charge < -0.3 is 0 Å². The molecule has 2 aliphatic rings. The summed E-state index contributed by atoms with van der Waals surface area (Å²) in [5, 5.41) is 0. The van der Waals surface area contributed by atoms with Crippen LogP contribution in [0.4, 0.5) is 0 Å². The molecule has 0 saturated heterocycles. The molecule has 4 aromatic heterocycles. The summed E-state index contributed by atoms with van der Waals surface area (Å²) in [6.07, 6.45) is 19.4. The predicted octanol–water partition coefficient (Wildman–Crippen LogP) is 23.4. The number of hydrogen-bond acceptors (Lipinski definition) is 1. The lowest BCUT2D eigenvalue weighted by molar-refractivity contribution is -0.660. The minimum Gasteiger partial charge on any atom is -0.256 e. The van der Waals surface area contributed by atoms with E-state index in [2.05, 4.69) is 331 Å². The van der Waals surface area contributed by atoms with Crippen molar-refractivity contribution >= 4 is 0 Å². The molecule has 4 heteroatoms. The van der Waals surface area contributed by atoms with Crippen LogP contribution in [0.1, 0.15) is 140 Å². The highest BCUT2D eigenvalue weighted by atomic mass is 14.9. The van der Waals surface area contributed by atoms with Crippen LogP contribution in [0.2, 0.25) is 0 Å². The van der Waals surface area contributed by atoms with E-state index in [0.29, 0.717) is 0 Å². The smallest absolute Gasteiger partial charge is 0.213 e. The van der Waals surface area contributed by atoms with Gasteiger partial charge in [0.25, 0.3) is 0 Å². The molecule has 0 atom stereocenters. The molecule has 14 rings (SSSR count). The topological polar surface area (TPSA) is 24.5 Å². The van der Waals surface area contributed by atoms with Crippen LogP contribution in [0.5, 0.6) is 0 Å². The van der Waals surface area contributed by atoms with E-state index in [9.17, 15) is 0 Å². The van der Waals surface area contributed by atoms with E-state index in [0.717, 1.165) is 71.5 Å². The zero-order valence-corrected chi connectivity index (χ0v) is 60.9. The SMILES string of the molecule is Cc1ccc(-c2ccnc(-c3ccccc3)c2)cc1CC(C)(C)C.Cc1ccccc1-c1cc(-c2ccc(CC3CCCC3)cc2)cc[n+]1C.[2H]C(C)(C)c1ccc(-c2cc[n+](C)c(-c3ccccc3C)c2)cc1.[2H]C([2H])(c1ccc(-c2cc[n+](C)c(-c3ccccc3C)c2)cc1)C1CCCC1. The fraction of sp³-hybridized carbons (Fsp3) is 0.284. The van der Waals surface area contributed by atoms with Crippen LogP contribution < -0.4 is 13.7 Å². The molecule has 502 valence electrons. The second-order valence-electron chi connectivity index (χ2n) is 29.2. The number of nitrogens with zero attached hydrogens (tertiary/aromatic N) is 4. The number of pyridine rings is 4. The Bertz CT molecular complexity index is 4760. The summed E-state index contributed by atoms with van der Waals surface area (Å²) in [6.45, 7) is 19.4. The summed E-state index contributed by atoms with van der Waals surface area (Å²) in [4.78, 5) is 4.53. The zero-order valence-electron chi connectivity index (χ0n) is 63.9. The Labute approximate surface area is 598 Å². The van der Waals surface area contributed by atoms with Crippen LogP contribution in [0.25, 0.3) is 89.5 Å². The summed E-state index contributed by atoms with van der Waals surface area (Å²) in [7, 11) is 6.28. The maximum absolute atomic E-state index is 8.60. The maximum atomic E-state index is 8.60. The lowest BCUT2D eigenvalue weighted by Crippen LogP contribution is -2.30. The van der Waals surface area contributed by atoms with E-state index in [1.165, 1.54) is 133 Å². The molecule has 2 saturated carbocycles. The molecule has 8 aromatic carbocycles. The summed E-state index contributed by atoms with van der Waals surface area (Å²) >= 11 is 0. The summed E-state index contributed by atoms with van der Waals surface area (Å²) in [6, 6.07) is 85.9. The normalized spacial score (nSPS) is 13.8. The number of aromatic nitrogens is 4. The molecule has 0 radical (unpaired) electrons. The quantitative estimate of drug-likeness (QED) is 0.0996. The van der Waals surface area contributed by atoms with Gasteiger partial charge in [-0.25, -0.2) is 13.7 Å². The molecule has 12 aromatic rings. The highest BCUT2D eigenvalue weighted by molar-refractivity contribution is 5.74. The molecule has 0 unspecified atom stereocenters. The molecule has 0 aliphatic heterocycles. The first-order valence-corrected chi connectivity index (χ1v) is 36.1. The van der Waals surface area contributed by atoms with E-state index < -0.39 is 12.3 Å². The van der Waals surface area contributed by atoms with Gasteiger partial charge in [0.1, 0.15) is 21.1 Å². The first-order chi connectivity index (χ1) is 48.9. The van der Waals surface area contributed by atoms with Gasteiger partial charge in [0, 0.05) is 69.0 Å². The van der Waals surface area contributed by atoms with Gasteiger partial charge in [0.05, 0.1) is 5.69 Å². The highest BCUT2D eigenvalue weighted by Gasteiger charge is 2.21. The van der Waals surface area contributed by atoms with Crippen molar-refractivity contribution in [3.05, 3.63) is 312 Å². The van der Waals surface area contributed by atoms with Crippen molar-refractivity contribution in [3.63, 3.8) is 0 Å². The maximum Gasteiger partial charge on any atom is 0.213 e. The molecule has 2 aliphatic carbocycles. The van der Waals surface area contributed by atoms with Gasteiger partial charge in [0.15, 0.2) is 18.6 Å². The van der Waals surface area contributed by atoms with Crippen molar-refractivity contribution in [2.45, 2.75) is 139 Å². The van der Waals surface area contributed by atoms with Crippen molar-refractivity contribution in [2.75, 3.05) is 0 Å². The lowest BCUT2D eigenvalue weighted by atomic mass is 9.85. The Balaban J connectivity index is 0.000000137. The molecule has 2 fully saturated rings. The minimum absolute atomic E-state index is 0.154. The van der Waals surface area contributed by atoms with Crippen molar-refractivity contribution in [1.82, 2.24) is 4.98 Å². The Morgan fingerprint density at radius 3 is 1.24 bits per heavy atom. The number of rotatable bonds is 14. The second kappa shape index (κ2) is 33.3. The van der Waals surface area contributed by atoms with E-state index >= 15 is 0 Å². The van der Waals surface area contributed by atoms with Crippen molar-refractivity contribution < 1.29 is 17.8 Å². The minimum atomic E-state index is -1.23. The van der Waals surface area contributed by atoms with Crippen molar-refractivity contribution in [1.29, 1.82) is 0 Å². The largest absolute Gasteiger partial charge is 0.256 e. The van der Waals surface area contributed by atoms with E-state index in [1.54, 1.807) is 0 Å². The van der Waals surface area contributed by atoms with Crippen LogP contribution in [0, 0.1) is 44.9 Å². The van der Waals surface area contributed by atoms with E-state index in [-0.39, 0.29) is 11.3 Å². The highest BCUT2D eigenvalue weighted by Crippen LogP contribution is 2.35. The molecule has 0 N–H and O–H groups in total. The van der Waals surface area contributed by atoms with Gasteiger partial charge in [0.2, 0.25) is 17.1 Å². The average molecular weight is 1310 g/mol. The summed E-state index contributed by atoms with van der Waals surface area (Å²) < 4.78 is 31.9. The Hall–Kier alpha value is -9.64. The van der Waals surface area contributed by atoms with Gasteiger partial charge in [-0.3, -0.25) is 4.98 Å². The van der Waals surface area contributed by atoms with E-state index in [4.69, 9.17) is 4.11 Å². The van der Waals surface area contributed by atoms with Gasteiger partial charge in [-0.2, -0.15) is 0 Å². The lowest BCUT2D eigenvalue weighted by Gasteiger charge is -2.20. The number of aryl methyl sites for hydroxylation is 7. The van der Waals surface area contributed by atoms with Crippen molar-refractivity contribution in [3.8, 4) is 89.5 Å². The Kier molecular flexibility index (Phi) is 22.4. The van der Waals surface area contributed by atoms with Crippen LogP contribution in [-0.4, -0.2) is 4.98 Å². The fourth-order valence-electron chi connectivity index (χ4n) is 14.1.